The third-order valence-corrected chi connectivity index (χ3v) is 20.8. The molecule has 76 heavy (non-hydrogen) atoms. The van der Waals surface area contributed by atoms with E-state index in [-0.39, 0.29) is 99.5 Å². The fourth-order valence-corrected chi connectivity index (χ4v) is 16.4. The number of fused-ring (bicyclic) bond motifs is 1. The van der Waals surface area contributed by atoms with Crippen LogP contribution in [0.3, 0.4) is 0 Å². The minimum Gasteiger partial charge on any atom is -0.481 e. The first-order valence-corrected chi connectivity index (χ1v) is 28.8. The number of aliphatic hydroxyl groups is 1. The molecule has 0 aliphatic carbocycles. The lowest BCUT2D eigenvalue weighted by Crippen LogP contribution is -2.62. The van der Waals surface area contributed by atoms with Crippen molar-refractivity contribution in [3.8, 4) is 6.07 Å². The standard InChI is InChI=1S/C47H74N9O18PSi/c1-28(2)41(61)51-45-50-40-38(43(63)52-45)49-27-56(40)44-39(72-33(10)58)34(20-37(59)60)35(73-44)23-70-75(65,68-14-11-12-48)69-19-18-67-17-16-66-15-13-54-22-36(55-21-32(9)42(62)53-46(55)64)74-47(24-54,25-57)26-71-76(29(3)4,30(5)6)31(7)8/h21,27-31,34-36,39,44,57H,11,13-20,22-26H2,1-10H3,(H,59,60)(H,53,62,64)(H2,50,51,52,61,63)/t34-,35+,36-,39-,44-,47+,75?/m1/s1. The Morgan fingerprint density at radius 1 is 0.961 bits per heavy atom. The van der Waals surface area contributed by atoms with Crippen LogP contribution in [0, 0.1) is 30.1 Å². The van der Waals surface area contributed by atoms with Crippen molar-refractivity contribution in [1.82, 2.24) is 34.0 Å². The van der Waals surface area contributed by atoms with Gasteiger partial charge in [-0.2, -0.15) is 10.2 Å². The molecular weight excluding hydrogens is 1040 g/mol. The van der Waals surface area contributed by atoms with E-state index in [1.165, 1.54) is 21.7 Å². The first kappa shape index (κ1) is 61.8. The molecule has 0 spiro atoms. The van der Waals surface area contributed by atoms with Gasteiger partial charge in [-0.25, -0.2) is 14.3 Å². The lowest BCUT2D eigenvalue weighted by Gasteiger charge is -2.49. The maximum atomic E-state index is 14.0. The average molecular weight is 1110 g/mol. The van der Waals surface area contributed by atoms with Gasteiger partial charge in [0.05, 0.1) is 90.8 Å². The number of carbonyl (C=O) groups is 3. The number of esters is 1. The number of aryl methyl sites for hydroxylation is 1. The molecule has 7 atom stereocenters. The number of morpholine rings is 1. The largest absolute Gasteiger partial charge is 0.481 e. The van der Waals surface area contributed by atoms with Gasteiger partial charge in [-0.05, 0) is 23.5 Å². The number of carboxylic acids is 1. The summed E-state index contributed by atoms with van der Waals surface area (Å²) in [4.78, 5) is 90.6. The number of phosphoric acid groups is 1. The van der Waals surface area contributed by atoms with Gasteiger partial charge >= 0.3 is 25.5 Å². The number of hydrogen-bond donors (Lipinski definition) is 5. The van der Waals surface area contributed by atoms with Crippen LogP contribution in [0.25, 0.3) is 11.2 Å². The van der Waals surface area contributed by atoms with Gasteiger partial charge in [0, 0.05) is 50.2 Å². The maximum absolute atomic E-state index is 14.0. The number of carbonyl (C=O) groups excluding carboxylic acids is 2. The third-order valence-electron chi connectivity index (χ3n) is 13.3. The van der Waals surface area contributed by atoms with Crippen molar-refractivity contribution < 1.29 is 70.8 Å². The highest BCUT2D eigenvalue weighted by Crippen LogP contribution is 2.51. The minimum atomic E-state index is -4.52. The van der Waals surface area contributed by atoms with E-state index in [9.17, 15) is 43.5 Å². The maximum Gasteiger partial charge on any atom is 0.474 e. The fourth-order valence-electron chi connectivity index (χ4n) is 9.73. The number of carboxylic acid groups (broad SMARTS) is 1. The Morgan fingerprint density at radius 2 is 1.62 bits per heavy atom. The highest BCUT2D eigenvalue weighted by molar-refractivity contribution is 7.48. The van der Waals surface area contributed by atoms with Crippen LogP contribution in [0.5, 0.6) is 0 Å². The van der Waals surface area contributed by atoms with Crippen LogP contribution in [0.1, 0.15) is 93.2 Å². The molecule has 27 nitrogen and oxygen atoms in total. The van der Waals surface area contributed by atoms with Gasteiger partial charge in [-0.1, -0.05) is 55.4 Å². The third kappa shape index (κ3) is 15.6. The van der Waals surface area contributed by atoms with E-state index in [0.29, 0.717) is 12.1 Å². The van der Waals surface area contributed by atoms with Crippen LogP contribution in [0.4, 0.5) is 5.95 Å². The monoisotopic (exact) mass is 1110 g/mol. The van der Waals surface area contributed by atoms with Crippen LogP contribution in [0.15, 0.2) is 26.9 Å². The van der Waals surface area contributed by atoms with E-state index in [1.807, 2.05) is 11.0 Å². The second kappa shape index (κ2) is 27.5. The number of H-pyrrole nitrogens is 2. The number of anilines is 1. The molecule has 2 fully saturated rings. The number of phosphoric ester groups is 1. The molecular formula is C47H74N9O18PSi. The van der Waals surface area contributed by atoms with Crippen LogP contribution < -0.4 is 22.1 Å². The number of imidazole rings is 1. The molecule has 0 saturated carbocycles. The van der Waals surface area contributed by atoms with Crippen LogP contribution in [0.2, 0.25) is 16.6 Å². The topological polar surface area (TPSA) is 349 Å². The quantitative estimate of drug-likeness (QED) is 0.0276. The molecule has 0 aromatic carbocycles. The first-order chi connectivity index (χ1) is 35.9. The summed E-state index contributed by atoms with van der Waals surface area (Å²) in [7, 11) is -6.94. The predicted octanol–water partition coefficient (Wildman–Crippen LogP) is 3.35. The normalized spacial score (nSPS) is 22.2. The highest BCUT2D eigenvalue weighted by Gasteiger charge is 2.51. The van der Waals surface area contributed by atoms with Crippen molar-refractivity contribution >= 4 is 51.1 Å². The van der Waals surface area contributed by atoms with Gasteiger partial charge in [0.25, 0.3) is 11.1 Å². The van der Waals surface area contributed by atoms with Crippen molar-refractivity contribution in [2.45, 2.75) is 129 Å². The van der Waals surface area contributed by atoms with E-state index in [1.54, 1.807) is 20.8 Å². The Hall–Kier alpha value is -5.02. The molecule has 3 aromatic heterocycles. The summed E-state index contributed by atoms with van der Waals surface area (Å²) >= 11 is 0. The summed E-state index contributed by atoms with van der Waals surface area (Å²) in [5, 5.41) is 32.6. The summed E-state index contributed by atoms with van der Waals surface area (Å²) in [6.45, 7) is 18.4. The molecule has 2 aliphatic heterocycles. The average Bonchev–Trinajstić information content (AvgIpc) is 3.91. The number of aliphatic carboxylic acids is 1. The van der Waals surface area contributed by atoms with Gasteiger partial charge in [-0.3, -0.25) is 66.9 Å². The zero-order chi connectivity index (χ0) is 56.1. The summed E-state index contributed by atoms with van der Waals surface area (Å²) in [6, 6.07) is 1.87. The van der Waals surface area contributed by atoms with Crippen molar-refractivity contribution in [2.75, 3.05) is 84.4 Å². The number of aliphatic hydroxyl groups excluding tert-OH is 1. The summed E-state index contributed by atoms with van der Waals surface area (Å²) in [5.41, 5.74) is -2.28. The zero-order valence-corrected chi connectivity index (χ0v) is 46.7. The lowest BCUT2D eigenvalue weighted by atomic mass is 9.94. The molecule has 2 saturated heterocycles. The number of nitrogens with zero attached hydrogens (tertiary/aromatic N) is 6. The van der Waals surface area contributed by atoms with Crippen LogP contribution >= 0.6 is 7.82 Å². The van der Waals surface area contributed by atoms with E-state index in [4.69, 9.17) is 46.9 Å². The highest BCUT2D eigenvalue weighted by atomic mass is 31.2. The molecule has 0 bridgehead atoms. The smallest absolute Gasteiger partial charge is 0.474 e. The number of aromatic amines is 2. The molecule has 5 heterocycles. The molecule has 5 N–H and O–H groups in total. The fraction of sp³-hybridized carbons (Fsp3) is 0.723. The number of rotatable bonds is 30. The van der Waals surface area contributed by atoms with Gasteiger partial charge < -0.3 is 38.3 Å². The predicted molar refractivity (Wildman–Crippen MR) is 274 cm³/mol. The minimum absolute atomic E-state index is 0.0727. The Kier molecular flexibility index (Phi) is 22.4. The molecule has 5 rings (SSSR count). The number of ether oxygens (including phenoxy) is 5. The van der Waals surface area contributed by atoms with E-state index in [2.05, 4.69) is 66.8 Å². The van der Waals surface area contributed by atoms with Gasteiger partial charge in [0.15, 0.2) is 38.0 Å². The van der Waals surface area contributed by atoms with E-state index < -0.39 is 113 Å². The molecule has 1 amide bonds. The molecule has 29 heteroatoms. The zero-order valence-electron chi connectivity index (χ0n) is 44.8. The number of nitriles is 1. The Morgan fingerprint density at radius 3 is 2.24 bits per heavy atom. The van der Waals surface area contributed by atoms with Crippen molar-refractivity contribution in [1.29, 1.82) is 5.26 Å². The summed E-state index contributed by atoms with van der Waals surface area (Å²) < 4.78 is 70.1. The Bertz CT molecular complexity index is 2700. The molecule has 3 aromatic rings. The Balaban J connectivity index is 1.20. The summed E-state index contributed by atoms with van der Waals surface area (Å²) in [6.07, 6.45) is -3.04. The number of hydrogen-bond acceptors (Lipinski definition) is 21. The second-order valence-electron chi connectivity index (χ2n) is 20.1. The first-order valence-electron chi connectivity index (χ1n) is 25.2. The van der Waals surface area contributed by atoms with Crippen LogP contribution in [-0.2, 0) is 60.6 Å². The van der Waals surface area contributed by atoms with Gasteiger partial charge in [0.1, 0.15) is 5.60 Å². The van der Waals surface area contributed by atoms with Gasteiger partial charge in [0.2, 0.25) is 11.9 Å². The van der Waals surface area contributed by atoms with Crippen LogP contribution in [-0.4, -0.2) is 167 Å². The van der Waals surface area contributed by atoms with E-state index >= 15 is 0 Å². The molecule has 1 unspecified atom stereocenters. The second-order valence-corrected chi connectivity index (χ2v) is 27.2. The number of aromatic nitrogens is 6. The van der Waals surface area contributed by atoms with Crippen molar-refractivity contribution in [3.63, 3.8) is 0 Å². The molecule has 0 radical (unpaired) electrons. The SMILES string of the molecule is CC(=O)O[C@@H]1[C@H](CC(=O)O)[C@H](COP(=O)(OCCC#N)OCCOCCOCCN2C[C@H](n3cc(C)c(=O)[nH]c3=O)O[C@@](CO)(CO[Si](C(C)C)(C(C)C)C(C)C)C2)O[C@H]1n1cnc2c(=O)[nH]c(NC(=O)C(C)C)nc21. The Labute approximate surface area is 440 Å². The number of nitrogens with one attached hydrogen (secondary N) is 3. The van der Waals surface area contributed by atoms with Crippen molar-refractivity contribution in [2.24, 2.45) is 11.8 Å². The number of amides is 1. The van der Waals surface area contributed by atoms with Gasteiger partial charge in [-0.15, -0.1) is 0 Å². The summed E-state index contributed by atoms with van der Waals surface area (Å²) in [5.74, 6) is -4.37. The van der Waals surface area contributed by atoms with Crippen molar-refractivity contribution in [3.05, 3.63) is 49.3 Å². The lowest BCUT2D eigenvalue weighted by molar-refractivity contribution is -0.214. The van der Waals surface area contributed by atoms with E-state index in [0.717, 1.165) is 6.92 Å². The molecule has 2 aliphatic rings. The molecule has 424 valence electrons.